The maximum atomic E-state index is 13.1. The molecule has 0 aliphatic carbocycles. The monoisotopic (exact) mass is 430 g/mol. The fourth-order valence-corrected chi connectivity index (χ4v) is 3.40. The van der Waals surface area contributed by atoms with Crippen molar-refractivity contribution in [3.63, 3.8) is 0 Å². The summed E-state index contributed by atoms with van der Waals surface area (Å²) < 4.78 is 5.29. The lowest BCUT2D eigenvalue weighted by Gasteiger charge is -2.29. The van der Waals surface area contributed by atoms with Crippen LogP contribution in [0.1, 0.15) is 44.2 Å². The van der Waals surface area contributed by atoms with E-state index in [4.69, 9.17) is 16.3 Å². The van der Waals surface area contributed by atoms with Crippen LogP contribution in [0, 0.1) is 0 Å². The Hall–Kier alpha value is -2.53. The van der Waals surface area contributed by atoms with Crippen molar-refractivity contribution >= 4 is 23.4 Å². The molecule has 0 bridgehead atoms. The number of methoxy groups -OCH3 is 1. The van der Waals surface area contributed by atoms with E-state index < -0.39 is 6.04 Å². The molecule has 1 N–H and O–H groups in total. The normalized spacial score (nSPS) is 11.6. The van der Waals surface area contributed by atoms with Crippen LogP contribution in [0.2, 0.25) is 5.02 Å². The molecule has 162 valence electrons. The van der Waals surface area contributed by atoms with Crippen LogP contribution in [-0.4, -0.2) is 36.4 Å². The Kier molecular flexibility index (Phi) is 9.68. The molecule has 0 unspecified atom stereocenters. The van der Waals surface area contributed by atoms with Gasteiger partial charge in [0.05, 0.1) is 7.11 Å². The second kappa shape index (κ2) is 12.2. The first-order chi connectivity index (χ1) is 14.5. The number of unbranched alkanes of at least 4 members (excludes halogenated alkanes) is 1. The summed E-state index contributed by atoms with van der Waals surface area (Å²) in [6.07, 6.45) is 2.71. The first-order valence-corrected chi connectivity index (χ1v) is 10.8. The molecular weight excluding hydrogens is 400 g/mol. The Bertz CT molecular complexity index is 841. The Morgan fingerprint density at radius 3 is 2.63 bits per heavy atom. The third-order valence-electron chi connectivity index (χ3n) is 5.05. The molecule has 0 aliphatic rings. The number of halogens is 1. The number of carbonyl (C=O) groups excluding carboxylic acids is 2. The van der Waals surface area contributed by atoms with E-state index in [1.807, 2.05) is 48.5 Å². The number of amides is 2. The quantitative estimate of drug-likeness (QED) is 0.529. The molecular formula is C24H31ClN2O3. The number of hydrogen-bond acceptors (Lipinski definition) is 3. The van der Waals surface area contributed by atoms with Gasteiger partial charge in [0, 0.05) is 24.5 Å². The minimum absolute atomic E-state index is 0.0871. The molecule has 0 saturated carbocycles. The number of nitrogens with zero attached hydrogens (tertiary/aromatic N) is 1. The summed E-state index contributed by atoms with van der Waals surface area (Å²) >= 11 is 6.23. The molecule has 0 saturated heterocycles. The predicted molar refractivity (Wildman–Crippen MR) is 121 cm³/mol. The lowest BCUT2D eigenvalue weighted by atomic mass is 10.1. The molecule has 30 heavy (non-hydrogen) atoms. The zero-order valence-electron chi connectivity index (χ0n) is 18.0. The molecule has 2 rings (SSSR count). The van der Waals surface area contributed by atoms with Crippen molar-refractivity contribution in [3.05, 3.63) is 64.7 Å². The highest BCUT2D eigenvalue weighted by Crippen LogP contribution is 2.20. The van der Waals surface area contributed by atoms with Gasteiger partial charge in [0.1, 0.15) is 11.8 Å². The fourth-order valence-electron chi connectivity index (χ4n) is 3.17. The van der Waals surface area contributed by atoms with Gasteiger partial charge in [-0.1, -0.05) is 55.3 Å². The largest absolute Gasteiger partial charge is 0.497 e. The first-order valence-electron chi connectivity index (χ1n) is 10.4. The van der Waals surface area contributed by atoms with Gasteiger partial charge in [-0.25, -0.2) is 0 Å². The Balaban J connectivity index is 2.15. The minimum Gasteiger partial charge on any atom is -0.497 e. The van der Waals surface area contributed by atoms with Crippen LogP contribution in [0.5, 0.6) is 5.75 Å². The van der Waals surface area contributed by atoms with E-state index in [9.17, 15) is 9.59 Å². The maximum Gasteiger partial charge on any atom is 0.242 e. The number of carbonyl (C=O) groups is 2. The second-order valence-corrected chi connectivity index (χ2v) is 7.69. The van der Waals surface area contributed by atoms with E-state index in [0.29, 0.717) is 24.5 Å². The Labute approximate surface area is 184 Å². The van der Waals surface area contributed by atoms with Crippen molar-refractivity contribution in [3.8, 4) is 5.75 Å². The fraction of sp³-hybridized carbons (Fsp3) is 0.417. The van der Waals surface area contributed by atoms with Crippen molar-refractivity contribution in [2.75, 3.05) is 13.7 Å². The highest BCUT2D eigenvalue weighted by molar-refractivity contribution is 6.31. The summed E-state index contributed by atoms with van der Waals surface area (Å²) in [7, 11) is 1.61. The van der Waals surface area contributed by atoms with Crippen LogP contribution in [0.4, 0.5) is 0 Å². The number of aryl methyl sites for hydroxylation is 1. The van der Waals surface area contributed by atoms with Crippen LogP contribution >= 0.6 is 11.6 Å². The zero-order valence-corrected chi connectivity index (χ0v) is 18.7. The van der Waals surface area contributed by atoms with Crippen molar-refractivity contribution < 1.29 is 14.3 Å². The average Bonchev–Trinajstić information content (AvgIpc) is 2.76. The van der Waals surface area contributed by atoms with Gasteiger partial charge >= 0.3 is 0 Å². The van der Waals surface area contributed by atoms with Gasteiger partial charge in [0.25, 0.3) is 0 Å². The standard InChI is InChI=1S/C24H31ClN2O3/c1-4-5-15-26-24(29)18(2)27(17-19-9-8-11-21(16-19)30-3)23(28)14-13-20-10-6-7-12-22(20)25/h6-12,16,18H,4-5,13-15,17H2,1-3H3,(H,26,29)/t18-/m0/s1. The number of rotatable bonds is 11. The van der Waals surface area contributed by atoms with E-state index in [1.54, 1.807) is 18.9 Å². The van der Waals surface area contributed by atoms with Crippen LogP contribution in [0.15, 0.2) is 48.5 Å². The van der Waals surface area contributed by atoms with Gasteiger partial charge in [0.2, 0.25) is 11.8 Å². The molecule has 0 radical (unpaired) electrons. The van der Waals surface area contributed by atoms with Crippen LogP contribution in [0.3, 0.4) is 0 Å². The van der Waals surface area contributed by atoms with Gasteiger partial charge < -0.3 is 15.0 Å². The summed E-state index contributed by atoms with van der Waals surface area (Å²) in [6, 6.07) is 14.5. The molecule has 0 fully saturated rings. The Morgan fingerprint density at radius 2 is 1.93 bits per heavy atom. The molecule has 0 aromatic heterocycles. The summed E-state index contributed by atoms with van der Waals surface area (Å²) in [4.78, 5) is 27.4. The van der Waals surface area contributed by atoms with Crippen molar-refractivity contribution in [1.29, 1.82) is 0 Å². The summed E-state index contributed by atoms with van der Waals surface area (Å²) in [5.74, 6) is 0.490. The van der Waals surface area contributed by atoms with E-state index >= 15 is 0 Å². The predicted octanol–water partition coefficient (Wildman–Crippen LogP) is 4.61. The number of benzene rings is 2. The molecule has 0 aliphatic heterocycles. The molecule has 2 aromatic rings. The first kappa shape index (κ1) is 23.7. The molecule has 2 amide bonds. The molecule has 1 atom stereocenters. The summed E-state index contributed by atoms with van der Waals surface area (Å²) in [5.41, 5.74) is 1.84. The number of ether oxygens (including phenoxy) is 1. The minimum atomic E-state index is -0.577. The Morgan fingerprint density at radius 1 is 1.17 bits per heavy atom. The number of hydrogen-bond donors (Lipinski definition) is 1. The van der Waals surface area contributed by atoms with Crippen LogP contribution in [0.25, 0.3) is 0 Å². The number of nitrogens with one attached hydrogen (secondary N) is 1. The average molecular weight is 431 g/mol. The third kappa shape index (κ3) is 7.06. The van der Waals surface area contributed by atoms with E-state index in [-0.39, 0.29) is 18.2 Å². The van der Waals surface area contributed by atoms with E-state index in [0.717, 1.165) is 29.7 Å². The van der Waals surface area contributed by atoms with Gasteiger partial charge in [-0.05, 0) is 49.1 Å². The molecule has 6 heteroatoms. The summed E-state index contributed by atoms with van der Waals surface area (Å²) in [5, 5.41) is 3.58. The van der Waals surface area contributed by atoms with Gasteiger partial charge in [-0.15, -0.1) is 0 Å². The molecule has 0 heterocycles. The van der Waals surface area contributed by atoms with Crippen LogP contribution < -0.4 is 10.1 Å². The van der Waals surface area contributed by atoms with Crippen LogP contribution in [-0.2, 0) is 22.6 Å². The third-order valence-corrected chi connectivity index (χ3v) is 5.42. The van der Waals surface area contributed by atoms with E-state index in [2.05, 4.69) is 12.2 Å². The summed E-state index contributed by atoms with van der Waals surface area (Å²) in [6.45, 7) is 4.79. The highest BCUT2D eigenvalue weighted by Gasteiger charge is 2.26. The van der Waals surface area contributed by atoms with Gasteiger partial charge in [-0.3, -0.25) is 9.59 Å². The van der Waals surface area contributed by atoms with Gasteiger partial charge in [-0.2, -0.15) is 0 Å². The van der Waals surface area contributed by atoms with Crippen molar-refractivity contribution in [2.24, 2.45) is 0 Å². The van der Waals surface area contributed by atoms with Gasteiger partial charge in [0.15, 0.2) is 0 Å². The lowest BCUT2D eigenvalue weighted by molar-refractivity contribution is -0.140. The second-order valence-electron chi connectivity index (χ2n) is 7.29. The highest BCUT2D eigenvalue weighted by atomic mass is 35.5. The molecule has 2 aromatic carbocycles. The SMILES string of the molecule is CCCCNC(=O)[C@H](C)N(Cc1cccc(OC)c1)C(=O)CCc1ccccc1Cl. The lowest BCUT2D eigenvalue weighted by Crippen LogP contribution is -2.47. The topological polar surface area (TPSA) is 58.6 Å². The van der Waals surface area contributed by atoms with Crippen molar-refractivity contribution in [2.45, 2.75) is 52.1 Å². The maximum absolute atomic E-state index is 13.1. The zero-order chi connectivity index (χ0) is 21.9. The van der Waals surface area contributed by atoms with E-state index in [1.165, 1.54) is 0 Å². The van der Waals surface area contributed by atoms with Crippen molar-refractivity contribution in [1.82, 2.24) is 10.2 Å². The molecule has 0 spiro atoms. The smallest absolute Gasteiger partial charge is 0.242 e. The molecule has 5 nitrogen and oxygen atoms in total.